The molecule has 1 aliphatic rings. The quantitative estimate of drug-likeness (QED) is 0.826. The Hall–Kier alpha value is -2.44. The van der Waals surface area contributed by atoms with Crippen LogP contribution in [0.2, 0.25) is 0 Å². The summed E-state index contributed by atoms with van der Waals surface area (Å²) < 4.78 is 15.6. The van der Waals surface area contributed by atoms with Gasteiger partial charge in [-0.3, -0.25) is 4.68 Å². The molecule has 0 aromatic carbocycles. The molecule has 3 rings (SSSR count). The van der Waals surface area contributed by atoms with Crippen LogP contribution in [0.25, 0.3) is 11.3 Å². The monoisotopic (exact) mass is 290 g/mol. The second-order valence-electron chi connectivity index (χ2n) is 5.01. The Bertz CT molecular complexity index is 694. The van der Waals surface area contributed by atoms with E-state index in [2.05, 4.69) is 15.4 Å². The van der Waals surface area contributed by atoms with Crippen LogP contribution >= 0.6 is 0 Å². The number of aryl methyl sites for hydroxylation is 1. The van der Waals surface area contributed by atoms with Gasteiger partial charge in [-0.15, -0.1) is 0 Å². The van der Waals surface area contributed by atoms with Gasteiger partial charge >= 0.3 is 5.97 Å². The lowest BCUT2D eigenvalue weighted by Gasteiger charge is -2.06. The molecule has 7 heteroatoms. The summed E-state index contributed by atoms with van der Waals surface area (Å²) in [4.78, 5) is 15.1. The summed E-state index contributed by atoms with van der Waals surface area (Å²) in [6.07, 6.45) is 3.53. The van der Waals surface area contributed by atoms with Crippen LogP contribution in [-0.4, -0.2) is 31.9 Å². The van der Waals surface area contributed by atoms with Crippen molar-refractivity contribution in [3.63, 3.8) is 0 Å². The standard InChI is InChI=1S/C14H15FN4O2/c1-2-19-7-10(14(20)21)12(18-19)9-5-6-11(17-13(9)15)16-8-3-4-8/h5-8H,2-4H2,1H3,(H,16,17)(H,20,21). The van der Waals surface area contributed by atoms with Crippen LogP contribution in [0.15, 0.2) is 18.3 Å². The molecule has 6 nitrogen and oxygen atoms in total. The number of aromatic nitrogens is 3. The minimum atomic E-state index is -1.13. The number of hydrogen-bond donors (Lipinski definition) is 2. The molecule has 1 fully saturated rings. The van der Waals surface area contributed by atoms with E-state index in [-0.39, 0.29) is 16.8 Å². The molecule has 2 aromatic heterocycles. The lowest BCUT2D eigenvalue weighted by atomic mass is 10.1. The molecule has 0 saturated heterocycles. The molecular weight excluding hydrogens is 275 g/mol. The predicted molar refractivity (Wildman–Crippen MR) is 74.7 cm³/mol. The van der Waals surface area contributed by atoms with Gasteiger partial charge in [0.25, 0.3) is 0 Å². The number of carboxylic acid groups (broad SMARTS) is 1. The first kappa shape index (κ1) is 13.5. The van der Waals surface area contributed by atoms with E-state index in [0.717, 1.165) is 12.8 Å². The lowest BCUT2D eigenvalue weighted by molar-refractivity contribution is 0.0697. The fraction of sp³-hybridized carbons (Fsp3) is 0.357. The van der Waals surface area contributed by atoms with Gasteiger partial charge in [0, 0.05) is 18.8 Å². The Kier molecular flexibility index (Phi) is 3.32. The molecule has 0 bridgehead atoms. The molecule has 0 spiro atoms. The van der Waals surface area contributed by atoms with Gasteiger partial charge in [0.2, 0.25) is 5.95 Å². The number of pyridine rings is 1. The van der Waals surface area contributed by atoms with E-state index in [1.807, 2.05) is 6.92 Å². The normalized spacial score (nSPS) is 14.2. The Labute approximate surface area is 120 Å². The highest BCUT2D eigenvalue weighted by molar-refractivity contribution is 5.94. The fourth-order valence-corrected chi connectivity index (χ4v) is 2.07. The van der Waals surface area contributed by atoms with Crippen molar-refractivity contribution in [1.82, 2.24) is 14.8 Å². The van der Waals surface area contributed by atoms with Gasteiger partial charge in [0.15, 0.2) is 0 Å². The summed E-state index contributed by atoms with van der Waals surface area (Å²) in [5.74, 6) is -1.39. The molecule has 2 aromatic rings. The van der Waals surface area contributed by atoms with Crippen molar-refractivity contribution in [1.29, 1.82) is 0 Å². The van der Waals surface area contributed by atoms with Crippen LogP contribution in [0.1, 0.15) is 30.1 Å². The SMILES string of the molecule is CCn1cc(C(=O)O)c(-c2ccc(NC3CC3)nc2F)n1. The van der Waals surface area contributed by atoms with Gasteiger partial charge in [-0.2, -0.15) is 9.49 Å². The van der Waals surface area contributed by atoms with Gasteiger partial charge in [0.05, 0.1) is 5.56 Å². The van der Waals surface area contributed by atoms with Crippen LogP contribution < -0.4 is 5.32 Å². The number of nitrogens with zero attached hydrogens (tertiary/aromatic N) is 3. The second-order valence-corrected chi connectivity index (χ2v) is 5.01. The van der Waals surface area contributed by atoms with Crippen LogP contribution in [0, 0.1) is 5.95 Å². The molecule has 0 aliphatic heterocycles. The zero-order valence-corrected chi connectivity index (χ0v) is 11.5. The van der Waals surface area contributed by atoms with Crippen molar-refractivity contribution in [3.8, 4) is 11.3 Å². The number of aromatic carboxylic acids is 1. The summed E-state index contributed by atoms with van der Waals surface area (Å²) >= 11 is 0. The number of carbonyl (C=O) groups is 1. The summed E-state index contributed by atoms with van der Waals surface area (Å²) in [6, 6.07) is 3.53. The van der Waals surface area contributed by atoms with Gasteiger partial charge in [-0.05, 0) is 31.9 Å². The van der Waals surface area contributed by atoms with Crippen molar-refractivity contribution in [3.05, 3.63) is 29.8 Å². The highest BCUT2D eigenvalue weighted by Gasteiger charge is 2.23. The molecule has 0 amide bonds. The first-order chi connectivity index (χ1) is 10.1. The molecule has 110 valence electrons. The zero-order chi connectivity index (χ0) is 15.0. The molecule has 0 atom stereocenters. The smallest absolute Gasteiger partial charge is 0.339 e. The van der Waals surface area contributed by atoms with Gasteiger partial charge in [-0.1, -0.05) is 0 Å². The van der Waals surface area contributed by atoms with Gasteiger partial charge in [0.1, 0.15) is 17.1 Å². The van der Waals surface area contributed by atoms with E-state index in [0.29, 0.717) is 18.4 Å². The fourth-order valence-electron chi connectivity index (χ4n) is 2.07. The third-order valence-electron chi connectivity index (χ3n) is 3.35. The number of halogens is 1. The maximum atomic E-state index is 14.2. The van der Waals surface area contributed by atoms with Crippen molar-refractivity contribution in [2.45, 2.75) is 32.4 Å². The highest BCUT2D eigenvalue weighted by atomic mass is 19.1. The molecule has 21 heavy (non-hydrogen) atoms. The van der Waals surface area contributed by atoms with E-state index < -0.39 is 11.9 Å². The third kappa shape index (κ3) is 2.72. The van der Waals surface area contributed by atoms with Crippen LogP contribution in [0.3, 0.4) is 0 Å². The van der Waals surface area contributed by atoms with Crippen molar-refractivity contribution in [2.75, 3.05) is 5.32 Å². The van der Waals surface area contributed by atoms with Gasteiger partial charge in [-0.25, -0.2) is 9.78 Å². The average Bonchev–Trinajstić information content (AvgIpc) is 3.15. The van der Waals surface area contributed by atoms with E-state index in [1.54, 1.807) is 6.07 Å². The van der Waals surface area contributed by atoms with Crippen molar-refractivity contribution < 1.29 is 14.3 Å². The Morgan fingerprint density at radius 3 is 2.86 bits per heavy atom. The maximum absolute atomic E-state index is 14.2. The first-order valence-electron chi connectivity index (χ1n) is 6.82. The Morgan fingerprint density at radius 2 is 2.29 bits per heavy atom. The number of hydrogen-bond acceptors (Lipinski definition) is 4. The second kappa shape index (κ2) is 5.16. The van der Waals surface area contributed by atoms with Crippen molar-refractivity contribution >= 4 is 11.8 Å². The van der Waals surface area contributed by atoms with Crippen LogP contribution in [-0.2, 0) is 6.54 Å². The zero-order valence-electron chi connectivity index (χ0n) is 11.5. The van der Waals surface area contributed by atoms with E-state index in [1.165, 1.54) is 16.9 Å². The van der Waals surface area contributed by atoms with E-state index in [9.17, 15) is 14.3 Å². The number of rotatable bonds is 5. The minimum absolute atomic E-state index is 0.0274. The van der Waals surface area contributed by atoms with Crippen LogP contribution in [0.4, 0.5) is 10.2 Å². The molecule has 2 heterocycles. The van der Waals surface area contributed by atoms with E-state index >= 15 is 0 Å². The summed E-state index contributed by atoms with van der Waals surface area (Å²) in [5, 5.41) is 16.4. The van der Waals surface area contributed by atoms with Gasteiger partial charge < -0.3 is 10.4 Å². The molecule has 0 unspecified atom stereocenters. The third-order valence-corrected chi connectivity index (χ3v) is 3.35. The lowest BCUT2D eigenvalue weighted by Crippen LogP contribution is -2.05. The first-order valence-corrected chi connectivity index (χ1v) is 6.82. The topological polar surface area (TPSA) is 80.0 Å². The van der Waals surface area contributed by atoms with Crippen molar-refractivity contribution in [2.24, 2.45) is 0 Å². The van der Waals surface area contributed by atoms with Crippen LogP contribution in [0.5, 0.6) is 0 Å². The largest absolute Gasteiger partial charge is 0.478 e. The average molecular weight is 290 g/mol. The number of nitrogens with one attached hydrogen (secondary N) is 1. The number of carboxylic acids is 1. The molecule has 1 aliphatic carbocycles. The summed E-state index contributed by atoms with van der Waals surface area (Å²) in [7, 11) is 0. The molecular formula is C14H15FN4O2. The summed E-state index contributed by atoms with van der Waals surface area (Å²) in [6.45, 7) is 2.34. The van der Waals surface area contributed by atoms with E-state index in [4.69, 9.17) is 0 Å². The maximum Gasteiger partial charge on any atom is 0.339 e. The Morgan fingerprint density at radius 1 is 1.52 bits per heavy atom. The number of anilines is 1. The molecule has 0 radical (unpaired) electrons. The molecule has 2 N–H and O–H groups in total. The minimum Gasteiger partial charge on any atom is -0.478 e. The predicted octanol–water partition coefficient (Wildman–Crippen LogP) is 2.38. The summed E-state index contributed by atoms with van der Waals surface area (Å²) in [5.41, 5.74) is 0.175. The molecule has 1 saturated carbocycles. The highest BCUT2D eigenvalue weighted by Crippen LogP contribution is 2.28. The Balaban J connectivity index is 1.99.